The van der Waals surface area contributed by atoms with Crippen LogP contribution < -0.4 is 9.47 Å². The molecule has 8 nitrogen and oxygen atoms in total. The molecule has 3 aromatic rings. The zero-order valence-corrected chi connectivity index (χ0v) is 12.3. The summed E-state index contributed by atoms with van der Waals surface area (Å²) >= 11 is 0. The Kier molecular flexibility index (Phi) is 3.60. The Hall–Kier alpha value is -3.47. The zero-order chi connectivity index (χ0) is 16.4. The predicted molar refractivity (Wildman–Crippen MR) is 78.2 cm³/mol. The molecule has 23 heavy (non-hydrogen) atoms. The molecule has 0 N–H and O–H groups in total. The van der Waals surface area contributed by atoms with Gasteiger partial charge in [-0.05, 0) is 25.1 Å². The summed E-state index contributed by atoms with van der Waals surface area (Å²) in [6, 6.07) is 8.21. The maximum Gasteiger partial charge on any atom is 0.383 e. The number of hydrogen-bond donors (Lipinski definition) is 0. The highest BCUT2D eigenvalue weighted by molar-refractivity contribution is 5.87. The Morgan fingerprint density at radius 1 is 1.30 bits per heavy atom. The quantitative estimate of drug-likeness (QED) is 0.534. The van der Waals surface area contributed by atoms with Crippen LogP contribution in [0.15, 0.2) is 30.5 Å². The van der Waals surface area contributed by atoms with E-state index in [-0.39, 0.29) is 17.3 Å². The lowest BCUT2D eigenvalue weighted by Gasteiger charge is -2.07. The minimum atomic E-state index is -0.738. The summed E-state index contributed by atoms with van der Waals surface area (Å²) in [5, 5.41) is 12.9. The number of aryl methyl sites for hydroxylation is 1. The number of nitrogens with zero attached hydrogens (tertiary/aromatic N) is 5. The minimum absolute atomic E-state index is 0.113. The highest BCUT2D eigenvalue weighted by atomic mass is 16.6. The van der Waals surface area contributed by atoms with Crippen LogP contribution in [0.1, 0.15) is 21.9 Å². The number of rotatable bonds is 3. The number of carbonyl (C=O) groups is 1. The van der Waals surface area contributed by atoms with Gasteiger partial charge in [0.2, 0.25) is 0 Å². The lowest BCUT2D eigenvalue weighted by molar-refractivity contribution is 0.0717. The van der Waals surface area contributed by atoms with Crippen molar-refractivity contribution in [1.29, 1.82) is 5.26 Å². The molecule has 0 saturated heterocycles. The molecular formula is C15H11N5O3. The van der Waals surface area contributed by atoms with Crippen molar-refractivity contribution in [2.75, 3.05) is 7.11 Å². The molecule has 0 atom stereocenters. The first-order valence-electron chi connectivity index (χ1n) is 6.61. The van der Waals surface area contributed by atoms with Gasteiger partial charge in [-0.2, -0.15) is 10.2 Å². The molecule has 0 radical (unpaired) electrons. The van der Waals surface area contributed by atoms with E-state index < -0.39 is 5.97 Å². The Labute approximate surface area is 130 Å². The van der Waals surface area contributed by atoms with Crippen LogP contribution in [0.4, 0.5) is 0 Å². The lowest BCUT2D eigenvalue weighted by Crippen LogP contribution is -2.11. The van der Waals surface area contributed by atoms with Gasteiger partial charge >= 0.3 is 5.97 Å². The monoisotopic (exact) mass is 309 g/mol. The van der Waals surface area contributed by atoms with E-state index in [0.29, 0.717) is 11.3 Å². The fourth-order valence-electron chi connectivity index (χ4n) is 1.96. The van der Waals surface area contributed by atoms with Gasteiger partial charge in [0.05, 0.1) is 18.7 Å². The molecule has 0 amide bonds. The summed E-state index contributed by atoms with van der Waals surface area (Å²) in [5.74, 6) is -0.0876. The molecular weight excluding hydrogens is 298 g/mol. The molecule has 0 bridgehead atoms. The summed E-state index contributed by atoms with van der Waals surface area (Å²) in [4.78, 5) is 20.3. The molecule has 0 aliphatic heterocycles. The molecule has 3 rings (SSSR count). The van der Waals surface area contributed by atoms with E-state index >= 15 is 0 Å². The number of nitriles is 1. The summed E-state index contributed by atoms with van der Waals surface area (Å²) in [7, 11) is 1.42. The van der Waals surface area contributed by atoms with Crippen LogP contribution in [0.25, 0.3) is 5.78 Å². The lowest BCUT2D eigenvalue weighted by atomic mass is 10.2. The number of aromatic nitrogens is 4. The van der Waals surface area contributed by atoms with Gasteiger partial charge in [0.1, 0.15) is 0 Å². The van der Waals surface area contributed by atoms with E-state index in [2.05, 4.69) is 15.1 Å². The number of hydrogen-bond acceptors (Lipinski definition) is 7. The second kappa shape index (κ2) is 5.73. The molecule has 8 heteroatoms. The highest BCUT2D eigenvalue weighted by Gasteiger charge is 2.18. The molecule has 114 valence electrons. The van der Waals surface area contributed by atoms with Gasteiger partial charge in [-0.25, -0.2) is 14.3 Å². The first-order chi connectivity index (χ1) is 11.1. The first kappa shape index (κ1) is 14.5. The van der Waals surface area contributed by atoms with Gasteiger partial charge in [0, 0.05) is 18.0 Å². The van der Waals surface area contributed by atoms with Crippen molar-refractivity contribution >= 4 is 11.7 Å². The Balaban J connectivity index is 1.92. The van der Waals surface area contributed by atoms with E-state index in [9.17, 15) is 4.79 Å². The molecule has 0 aliphatic rings. The normalized spacial score (nSPS) is 10.3. The molecule has 0 saturated carbocycles. The van der Waals surface area contributed by atoms with Crippen LogP contribution in [0, 0.1) is 18.3 Å². The summed E-state index contributed by atoms with van der Waals surface area (Å²) in [6.45, 7) is 1.82. The van der Waals surface area contributed by atoms with E-state index in [0.717, 1.165) is 5.69 Å². The average Bonchev–Trinajstić information content (AvgIpc) is 3.01. The molecule has 2 heterocycles. The van der Waals surface area contributed by atoms with Crippen molar-refractivity contribution in [3.05, 3.63) is 47.5 Å². The van der Waals surface area contributed by atoms with Crippen LogP contribution in [-0.2, 0) is 0 Å². The third-order valence-corrected chi connectivity index (χ3v) is 3.11. The third kappa shape index (κ3) is 2.67. The van der Waals surface area contributed by atoms with Crippen molar-refractivity contribution in [3.8, 4) is 17.6 Å². The summed E-state index contributed by atoms with van der Waals surface area (Å²) in [6.07, 6.45) is 1.58. The van der Waals surface area contributed by atoms with Gasteiger partial charge in [0.25, 0.3) is 11.6 Å². The number of benzene rings is 1. The van der Waals surface area contributed by atoms with Gasteiger partial charge < -0.3 is 9.47 Å². The fraction of sp³-hybridized carbons (Fsp3) is 0.133. The number of fused-ring (bicyclic) bond motifs is 1. The number of ether oxygens (including phenoxy) is 2. The number of methoxy groups -OCH3 is 1. The van der Waals surface area contributed by atoms with Crippen LogP contribution in [0.2, 0.25) is 0 Å². The second-order valence-corrected chi connectivity index (χ2v) is 4.60. The van der Waals surface area contributed by atoms with Crippen LogP contribution >= 0.6 is 0 Å². The van der Waals surface area contributed by atoms with Gasteiger partial charge in [0.15, 0.2) is 11.5 Å². The molecule has 0 aliphatic carbocycles. The average molecular weight is 309 g/mol. The van der Waals surface area contributed by atoms with Crippen molar-refractivity contribution in [1.82, 2.24) is 19.6 Å². The van der Waals surface area contributed by atoms with Crippen LogP contribution in [0.5, 0.6) is 11.5 Å². The van der Waals surface area contributed by atoms with Crippen molar-refractivity contribution < 1.29 is 14.3 Å². The van der Waals surface area contributed by atoms with Crippen LogP contribution in [-0.4, -0.2) is 32.7 Å². The zero-order valence-electron chi connectivity index (χ0n) is 12.3. The van der Waals surface area contributed by atoms with Crippen LogP contribution in [0.3, 0.4) is 0 Å². The molecule has 0 unspecified atom stereocenters. The van der Waals surface area contributed by atoms with Crippen molar-refractivity contribution in [2.45, 2.75) is 6.92 Å². The SMILES string of the molecule is COc1cc(C#N)ccc1OC(=O)c1nc2nccc(C)n2n1. The minimum Gasteiger partial charge on any atom is -0.493 e. The van der Waals surface area contributed by atoms with Gasteiger partial charge in [-0.15, -0.1) is 5.10 Å². The third-order valence-electron chi connectivity index (χ3n) is 3.11. The molecule has 1 aromatic carbocycles. The maximum absolute atomic E-state index is 12.2. The van der Waals surface area contributed by atoms with Gasteiger partial charge in [-0.1, -0.05) is 0 Å². The summed E-state index contributed by atoms with van der Waals surface area (Å²) in [5.41, 5.74) is 1.19. The van der Waals surface area contributed by atoms with Gasteiger partial charge in [-0.3, -0.25) is 0 Å². The smallest absolute Gasteiger partial charge is 0.383 e. The molecule has 0 spiro atoms. The second-order valence-electron chi connectivity index (χ2n) is 4.60. The first-order valence-corrected chi connectivity index (χ1v) is 6.61. The Bertz CT molecular complexity index is 942. The van der Waals surface area contributed by atoms with E-state index in [1.54, 1.807) is 12.3 Å². The predicted octanol–water partition coefficient (Wildman–Crippen LogP) is 1.53. The fourth-order valence-corrected chi connectivity index (χ4v) is 1.96. The molecule has 0 fully saturated rings. The number of esters is 1. The van der Waals surface area contributed by atoms with E-state index in [1.165, 1.54) is 29.8 Å². The maximum atomic E-state index is 12.2. The highest BCUT2D eigenvalue weighted by Crippen LogP contribution is 2.28. The van der Waals surface area contributed by atoms with Crippen molar-refractivity contribution in [2.24, 2.45) is 0 Å². The largest absolute Gasteiger partial charge is 0.493 e. The van der Waals surface area contributed by atoms with E-state index in [1.807, 2.05) is 13.0 Å². The summed E-state index contributed by atoms with van der Waals surface area (Å²) < 4.78 is 11.8. The van der Waals surface area contributed by atoms with Crippen molar-refractivity contribution in [3.63, 3.8) is 0 Å². The standard InChI is InChI=1S/C15H11N5O3/c1-9-5-6-17-15-18-13(19-20(9)15)14(21)23-11-4-3-10(8-16)7-12(11)22-2/h3-7H,1-2H3. The Morgan fingerprint density at radius 3 is 2.83 bits per heavy atom. The Morgan fingerprint density at radius 2 is 2.13 bits per heavy atom. The topological polar surface area (TPSA) is 102 Å². The molecule has 2 aromatic heterocycles. The van der Waals surface area contributed by atoms with E-state index in [4.69, 9.17) is 14.7 Å². The number of carbonyl (C=O) groups excluding carboxylic acids is 1.